The molecule has 2 aliphatic rings. The van der Waals surface area contributed by atoms with Crippen LogP contribution in [0.3, 0.4) is 0 Å². The molecule has 0 radical (unpaired) electrons. The molecule has 1 saturated heterocycles. The zero-order valence-electron chi connectivity index (χ0n) is 6.91. The quantitative estimate of drug-likeness (QED) is 0.304. The van der Waals surface area contributed by atoms with Gasteiger partial charge >= 0.3 is 11.9 Å². The average Bonchev–Trinajstić information content (AvgIpc) is 2.43. The zero-order chi connectivity index (χ0) is 9.42. The van der Waals surface area contributed by atoms with E-state index >= 15 is 0 Å². The molecule has 0 aromatic carbocycles. The first-order chi connectivity index (χ1) is 6.24. The van der Waals surface area contributed by atoms with Gasteiger partial charge in [-0.15, -0.1) is 0 Å². The van der Waals surface area contributed by atoms with E-state index in [9.17, 15) is 14.4 Å². The van der Waals surface area contributed by atoms with Gasteiger partial charge in [0, 0.05) is 5.57 Å². The summed E-state index contributed by atoms with van der Waals surface area (Å²) in [5, 5.41) is 0. The molecule has 0 bridgehead atoms. The largest absolute Gasteiger partial charge is 0.392 e. The van der Waals surface area contributed by atoms with E-state index in [1.807, 2.05) is 0 Å². The molecule has 13 heavy (non-hydrogen) atoms. The summed E-state index contributed by atoms with van der Waals surface area (Å²) in [5.41, 5.74) is 0.395. The molecule has 2 unspecified atom stereocenters. The third-order valence-corrected chi connectivity index (χ3v) is 2.63. The molecule has 4 nitrogen and oxygen atoms in total. The Hall–Kier alpha value is -1.41. The molecule has 0 N–H and O–H groups in total. The second-order valence-corrected chi connectivity index (χ2v) is 3.34. The van der Waals surface area contributed by atoms with E-state index in [-0.39, 0.29) is 0 Å². The Kier molecular flexibility index (Phi) is 1.78. The lowest BCUT2D eigenvalue weighted by atomic mass is 9.78. The van der Waals surface area contributed by atoms with Crippen molar-refractivity contribution in [2.24, 2.45) is 11.8 Å². The topological polar surface area (TPSA) is 60.4 Å². The third-order valence-electron chi connectivity index (χ3n) is 2.63. The summed E-state index contributed by atoms with van der Waals surface area (Å²) in [5.74, 6) is -0.365. The number of cyclic esters (lactones) is 2. The normalized spacial score (nSPS) is 32.5. The van der Waals surface area contributed by atoms with Gasteiger partial charge in [-0.05, 0) is 19.3 Å². The molecule has 1 aliphatic carbocycles. The van der Waals surface area contributed by atoms with Crippen LogP contribution in [-0.2, 0) is 19.1 Å². The highest BCUT2D eigenvalue weighted by atomic mass is 16.6. The van der Waals surface area contributed by atoms with Gasteiger partial charge in [0.25, 0.3) is 0 Å². The van der Waals surface area contributed by atoms with Crippen LogP contribution < -0.4 is 0 Å². The van der Waals surface area contributed by atoms with Crippen molar-refractivity contribution >= 4 is 17.9 Å². The lowest BCUT2D eigenvalue weighted by Crippen LogP contribution is -2.24. The maximum atomic E-state index is 11.1. The fourth-order valence-electron chi connectivity index (χ4n) is 1.99. The number of carbonyl (C=O) groups is 2. The molecule has 1 heterocycles. The molecule has 2 atom stereocenters. The minimum absolute atomic E-state index is 0.395. The summed E-state index contributed by atoms with van der Waals surface area (Å²) in [4.78, 5) is 32.7. The van der Waals surface area contributed by atoms with E-state index in [0.29, 0.717) is 18.4 Å². The van der Waals surface area contributed by atoms with Gasteiger partial charge in [-0.3, -0.25) is 9.59 Å². The fourth-order valence-corrected chi connectivity index (χ4v) is 1.99. The van der Waals surface area contributed by atoms with E-state index in [4.69, 9.17) is 0 Å². The van der Waals surface area contributed by atoms with Crippen molar-refractivity contribution in [3.63, 3.8) is 0 Å². The van der Waals surface area contributed by atoms with Gasteiger partial charge in [0.2, 0.25) is 0 Å². The van der Waals surface area contributed by atoms with Crippen LogP contribution in [0.2, 0.25) is 0 Å². The van der Waals surface area contributed by atoms with Crippen LogP contribution in [0.25, 0.3) is 0 Å². The minimum Gasteiger partial charge on any atom is -0.392 e. The number of esters is 2. The molecule has 68 valence electrons. The van der Waals surface area contributed by atoms with Gasteiger partial charge in [0.05, 0.1) is 5.92 Å². The van der Waals surface area contributed by atoms with Gasteiger partial charge in [0.1, 0.15) is 11.9 Å². The van der Waals surface area contributed by atoms with E-state index in [2.05, 4.69) is 4.74 Å². The Labute approximate surface area is 74.6 Å². The highest BCUT2D eigenvalue weighted by molar-refractivity contribution is 5.99. The summed E-state index contributed by atoms with van der Waals surface area (Å²) >= 11 is 0. The molecule has 2 rings (SSSR count). The first kappa shape index (κ1) is 8.20. The van der Waals surface area contributed by atoms with Crippen LogP contribution in [0, 0.1) is 11.8 Å². The van der Waals surface area contributed by atoms with Crippen molar-refractivity contribution < 1.29 is 19.1 Å². The van der Waals surface area contributed by atoms with Crippen molar-refractivity contribution in [1.29, 1.82) is 0 Å². The Morgan fingerprint density at radius 1 is 1.31 bits per heavy atom. The van der Waals surface area contributed by atoms with Crippen LogP contribution in [0.15, 0.2) is 5.57 Å². The van der Waals surface area contributed by atoms with Crippen molar-refractivity contribution in [1.82, 2.24) is 0 Å². The lowest BCUT2D eigenvalue weighted by molar-refractivity contribution is -0.153. The fraction of sp³-hybridized carbons (Fsp3) is 0.556. The van der Waals surface area contributed by atoms with Gasteiger partial charge in [-0.25, -0.2) is 4.79 Å². The number of hydrogen-bond donors (Lipinski definition) is 0. The monoisotopic (exact) mass is 180 g/mol. The van der Waals surface area contributed by atoms with Crippen molar-refractivity contribution in [3.05, 3.63) is 5.57 Å². The summed E-state index contributed by atoms with van der Waals surface area (Å²) in [6.45, 7) is 0. The Bertz CT molecular complexity index is 325. The molecular formula is C9H8O4. The third kappa shape index (κ3) is 1.11. The van der Waals surface area contributed by atoms with Crippen LogP contribution >= 0.6 is 0 Å². The van der Waals surface area contributed by atoms with E-state index in [1.54, 1.807) is 5.94 Å². The van der Waals surface area contributed by atoms with Crippen molar-refractivity contribution in [3.8, 4) is 0 Å². The first-order valence-electron chi connectivity index (χ1n) is 4.23. The predicted octanol–water partition coefficient (Wildman–Crippen LogP) is 0.244. The first-order valence-corrected chi connectivity index (χ1v) is 4.23. The Balaban J connectivity index is 2.37. The number of fused-ring (bicyclic) bond motifs is 1. The van der Waals surface area contributed by atoms with Gasteiger partial charge in [-0.1, -0.05) is 0 Å². The SMILES string of the molecule is O=C=C1CCCC2C(=O)OC(=O)C12. The maximum absolute atomic E-state index is 11.1. The summed E-state index contributed by atoms with van der Waals surface area (Å²) in [7, 11) is 0. The standard InChI is InChI=1S/C9H8O4/c10-4-5-2-1-3-6-7(5)9(12)13-8(6)11/h6-7H,1-3H2. The number of rotatable bonds is 0. The number of carbonyl (C=O) groups excluding carboxylic acids is 3. The van der Waals surface area contributed by atoms with E-state index < -0.39 is 23.8 Å². The van der Waals surface area contributed by atoms with Crippen LogP contribution in [-0.4, -0.2) is 17.9 Å². The van der Waals surface area contributed by atoms with Crippen LogP contribution in [0.5, 0.6) is 0 Å². The second-order valence-electron chi connectivity index (χ2n) is 3.34. The predicted molar refractivity (Wildman–Crippen MR) is 41.1 cm³/mol. The molecule has 0 amide bonds. The maximum Gasteiger partial charge on any atom is 0.322 e. The van der Waals surface area contributed by atoms with Gasteiger partial charge < -0.3 is 4.74 Å². The molecular weight excluding hydrogens is 172 g/mol. The Morgan fingerprint density at radius 3 is 2.77 bits per heavy atom. The lowest BCUT2D eigenvalue weighted by Gasteiger charge is -2.19. The van der Waals surface area contributed by atoms with E-state index in [0.717, 1.165) is 6.42 Å². The zero-order valence-corrected chi connectivity index (χ0v) is 6.91. The highest BCUT2D eigenvalue weighted by Crippen LogP contribution is 2.38. The van der Waals surface area contributed by atoms with Crippen LogP contribution in [0.4, 0.5) is 0 Å². The summed E-state index contributed by atoms with van der Waals surface area (Å²) < 4.78 is 4.46. The smallest absolute Gasteiger partial charge is 0.322 e. The molecule has 1 aliphatic heterocycles. The number of hydrogen-bond acceptors (Lipinski definition) is 4. The average molecular weight is 180 g/mol. The van der Waals surface area contributed by atoms with Gasteiger partial charge in [0.15, 0.2) is 0 Å². The molecule has 2 fully saturated rings. The molecule has 1 saturated carbocycles. The molecule has 4 heteroatoms. The summed E-state index contributed by atoms with van der Waals surface area (Å²) in [6, 6.07) is 0. The van der Waals surface area contributed by atoms with Gasteiger partial charge in [-0.2, -0.15) is 0 Å². The van der Waals surface area contributed by atoms with Crippen molar-refractivity contribution in [2.75, 3.05) is 0 Å². The second kappa shape index (κ2) is 2.82. The summed E-state index contributed by atoms with van der Waals surface area (Å²) in [6.07, 6.45) is 1.96. The Morgan fingerprint density at radius 2 is 2.08 bits per heavy atom. The van der Waals surface area contributed by atoms with Crippen molar-refractivity contribution in [2.45, 2.75) is 19.3 Å². The van der Waals surface area contributed by atoms with Crippen LogP contribution in [0.1, 0.15) is 19.3 Å². The molecule has 0 aromatic rings. The van der Waals surface area contributed by atoms with E-state index in [1.165, 1.54) is 0 Å². The minimum atomic E-state index is -0.626. The number of ether oxygens (including phenoxy) is 1. The highest BCUT2D eigenvalue weighted by Gasteiger charge is 2.48. The molecule has 0 aromatic heterocycles. The molecule has 0 spiro atoms.